The molecule has 0 saturated carbocycles. The Morgan fingerprint density at radius 2 is 1.11 bits per heavy atom. The van der Waals surface area contributed by atoms with Gasteiger partial charge >= 0.3 is 6.03 Å². The normalized spacial score (nSPS) is 11.2. The highest BCUT2D eigenvalue weighted by Gasteiger charge is 2.08. The number of benzene rings is 2. The third-order valence-electron chi connectivity index (χ3n) is 5.08. The number of hydrazone groups is 2. The van der Waals surface area contributed by atoms with Crippen molar-refractivity contribution in [2.45, 2.75) is 13.8 Å². The average Bonchev–Trinajstić information content (AvgIpc) is 3.54. The number of nitrogens with one attached hydrogen (secondary N) is 2. The van der Waals surface area contributed by atoms with E-state index in [9.17, 15) is 14.4 Å². The van der Waals surface area contributed by atoms with Crippen molar-refractivity contribution in [2.24, 2.45) is 10.2 Å². The van der Waals surface area contributed by atoms with E-state index in [1.807, 2.05) is 12.1 Å². The Morgan fingerprint density at radius 3 is 1.53 bits per heavy atom. The van der Waals surface area contributed by atoms with Crippen LogP contribution in [-0.4, -0.2) is 30.0 Å². The Kier molecular flexibility index (Phi) is 7.30. The minimum absolute atomic E-state index is 0.0324. The molecule has 4 rings (SSSR count). The van der Waals surface area contributed by atoms with Gasteiger partial charge in [-0.05, 0) is 50.2 Å². The molecule has 0 radical (unpaired) electrons. The van der Waals surface area contributed by atoms with Crippen molar-refractivity contribution in [3.8, 4) is 22.6 Å². The van der Waals surface area contributed by atoms with E-state index >= 15 is 0 Å². The van der Waals surface area contributed by atoms with E-state index in [1.165, 1.54) is 26.3 Å². The molecule has 4 aromatic rings. The average molecular weight is 482 g/mol. The van der Waals surface area contributed by atoms with Crippen molar-refractivity contribution in [3.63, 3.8) is 0 Å². The van der Waals surface area contributed by atoms with E-state index in [0.29, 0.717) is 34.2 Å². The molecule has 2 N–H and O–H groups in total. The van der Waals surface area contributed by atoms with Crippen LogP contribution in [0, 0.1) is 0 Å². The minimum atomic E-state index is -0.663. The molecule has 0 spiro atoms. The van der Waals surface area contributed by atoms with Gasteiger partial charge in [0.1, 0.15) is 23.0 Å². The van der Waals surface area contributed by atoms with Crippen LogP contribution in [0.4, 0.5) is 4.79 Å². The number of furan rings is 2. The summed E-state index contributed by atoms with van der Waals surface area (Å²) in [5, 5.41) is 7.65. The molecule has 0 aliphatic rings. The van der Waals surface area contributed by atoms with Gasteiger partial charge in [0, 0.05) is 22.3 Å². The second-order valence-corrected chi connectivity index (χ2v) is 7.75. The smallest absolute Gasteiger partial charge is 0.355 e. The predicted molar refractivity (Wildman–Crippen MR) is 135 cm³/mol. The maximum Gasteiger partial charge on any atom is 0.355 e. The summed E-state index contributed by atoms with van der Waals surface area (Å²) in [7, 11) is 0. The van der Waals surface area contributed by atoms with Crippen molar-refractivity contribution in [2.75, 3.05) is 0 Å². The summed E-state index contributed by atoms with van der Waals surface area (Å²) < 4.78 is 11.4. The summed E-state index contributed by atoms with van der Waals surface area (Å²) >= 11 is 0. The highest BCUT2D eigenvalue weighted by Crippen LogP contribution is 2.24. The molecule has 0 aliphatic carbocycles. The largest absolute Gasteiger partial charge is 0.455 e. The number of carbonyl (C=O) groups is 3. The molecule has 0 saturated heterocycles. The first kappa shape index (κ1) is 24.1. The van der Waals surface area contributed by atoms with Gasteiger partial charge in [0.2, 0.25) is 0 Å². The second kappa shape index (κ2) is 10.9. The van der Waals surface area contributed by atoms with Crippen molar-refractivity contribution >= 4 is 30.0 Å². The van der Waals surface area contributed by atoms with Gasteiger partial charge in [0.15, 0.2) is 11.6 Å². The molecule has 0 fully saturated rings. The van der Waals surface area contributed by atoms with Crippen molar-refractivity contribution < 1.29 is 23.2 Å². The van der Waals surface area contributed by atoms with Crippen molar-refractivity contribution in [1.29, 1.82) is 0 Å². The molecule has 2 amide bonds. The van der Waals surface area contributed by atoms with Gasteiger partial charge < -0.3 is 8.83 Å². The van der Waals surface area contributed by atoms with Gasteiger partial charge in [0.25, 0.3) is 0 Å². The molecule has 2 aromatic heterocycles. The zero-order valence-corrected chi connectivity index (χ0v) is 19.5. The van der Waals surface area contributed by atoms with Crippen LogP contribution in [0.25, 0.3) is 22.6 Å². The lowest BCUT2D eigenvalue weighted by atomic mass is 10.1. The summed E-state index contributed by atoms with van der Waals surface area (Å²) in [6.07, 6.45) is 2.69. The Hall–Kier alpha value is -5.05. The van der Waals surface area contributed by atoms with E-state index in [1.54, 1.807) is 60.7 Å². The first-order valence-electron chi connectivity index (χ1n) is 10.9. The standard InChI is InChI=1S/C27H22N4O5/c1-17(32)19-5-3-7-21(13-19)25-11-9-23(35-25)15-28-30-27(34)31-29-16-24-10-12-26(36-24)22-8-4-6-20(14-22)18(2)33/h3-16H,1-2H3,(H2,30,31,34)/b28-15-,29-16-. The lowest BCUT2D eigenvalue weighted by Gasteiger charge is -2.00. The SMILES string of the molecule is CC(=O)c1cccc(-c2ccc(/C=N\NC(=O)N/N=C\c3ccc(-c4cccc(C(C)=O)c4)o3)o2)c1. The molecule has 9 heteroatoms. The highest BCUT2D eigenvalue weighted by atomic mass is 16.3. The Bertz CT molecular complexity index is 1370. The van der Waals surface area contributed by atoms with Crippen LogP contribution >= 0.6 is 0 Å². The number of Topliss-reactive ketones (excluding diaryl/α,β-unsaturated/α-hetero) is 2. The zero-order chi connectivity index (χ0) is 25.5. The van der Waals surface area contributed by atoms with Crippen LogP contribution < -0.4 is 10.9 Å². The molecule has 2 heterocycles. The zero-order valence-electron chi connectivity index (χ0n) is 19.5. The van der Waals surface area contributed by atoms with Gasteiger partial charge in [-0.25, -0.2) is 15.6 Å². The second-order valence-electron chi connectivity index (χ2n) is 7.75. The van der Waals surface area contributed by atoms with E-state index < -0.39 is 6.03 Å². The minimum Gasteiger partial charge on any atom is -0.455 e. The van der Waals surface area contributed by atoms with E-state index in [0.717, 1.165) is 11.1 Å². The van der Waals surface area contributed by atoms with Gasteiger partial charge in [-0.2, -0.15) is 10.2 Å². The summed E-state index contributed by atoms with van der Waals surface area (Å²) in [6, 6.07) is 20.4. The van der Waals surface area contributed by atoms with Crippen molar-refractivity contribution in [3.05, 3.63) is 95.4 Å². The van der Waals surface area contributed by atoms with Crippen molar-refractivity contribution in [1.82, 2.24) is 10.9 Å². The number of amides is 2. The van der Waals surface area contributed by atoms with Gasteiger partial charge in [-0.15, -0.1) is 0 Å². The van der Waals surface area contributed by atoms with Gasteiger partial charge in [-0.1, -0.05) is 36.4 Å². The van der Waals surface area contributed by atoms with Crippen LogP contribution in [0.1, 0.15) is 46.1 Å². The van der Waals surface area contributed by atoms with Crippen LogP contribution in [0.2, 0.25) is 0 Å². The molecule has 180 valence electrons. The highest BCUT2D eigenvalue weighted by molar-refractivity contribution is 5.95. The quantitative estimate of drug-likeness (QED) is 0.201. The van der Waals surface area contributed by atoms with Crippen LogP contribution in [-0.2, 0) is 0 Å². The van der Waals surface area contributed by atoms with Crippen LogP contribution in [0.5, 0.6) is 0 Å². The van der Waals surface area contributed by atoms with E-state index in [-0.39, 0.29) is 11.6 Å². The summed E-state index contributed by atoms with van der Waals surface area (Å²) in [5.74, 6) is 1.90. The number of carbonyl (C=O) groups excluding carboxylic acids is 3. The van der Waals surface area contributed by atoms with Gasteiger partial charge in [0.05, 0.1) is 12.4 Å². The lowest BCUT2D eigenvalue weighted by Crippen LogP contribution is -2.28. The number of rotatable bonds is 8. The number of hydrogen-bond acceptors (Lipinski definition) is 7. The third-order valence-corrected chi connectivity index (χ3v) is 5.08. The Labute approximate surface area is 206 Å². The first-order chi connectivity index (χ1) is 17.4. The summed E-state index contributed by atoms with van der Waals surface area (Å²) in [4.78, 5) is 35.0. The van der Waals surface area contributed by atoms with Crippen LogP contribution in [0.3, 0.4) is 0 Å². The number of urea groups is 1. The van der Waals surface area contributed by atoms with Crippen LogP contribution in [0.15, 0.2) is 91.8 Å². The Balaban J connectivity index is 1.29. The maximum absolute atomic E-state index is 11.9. The van der Waals surface area contributed by atoms with Gasteiger partial charge in [-0.3, -0.25) is 9.59 Å². The number of nitrogens with zero attached hydrogens (tertiary/aromatic N) is 2. The maximum atomic E-state index is 11.9. The molecule has 0 unspecified atom stereocenters. The first-order valence-corrected chi connectivity index (χ1v) is 10.9. The molecule has 0 aliphatic heterocycles. The number of hydrogen-bond donors (Lipinski definition) is 2. The molecule has 9 nitrogen and oxygen atoms in total. The lowest BCUT2D eigenvalue weighted by molar-refractivity contribution is 0.100. The van der Waals surface area contributed by atoms with E-state index in [4.69, 9.17) is 8.83 Å². The molecule has 2 aromatic carbocycles. The van der Waals surface area contributed by atoms with E-state index in [2.05, 4.69) is 21.1 Å². The molecule has 0 bridgehead atoms. The summed E-state index contributed by atoms with van der Waals surface area (Å²) in [6.45, 7) is 3.01. The number of ketones is 2. The predicted octanol–water partition coefficient (Wildman–Crippen LogP) is 5.28. The molecule has 0 atom stereocenters. The fourth-order valence-electron chi connectivity index (χ4n) is 3.27. The third kappa shape index (κ3) is 6.09. The molecular formula is C27H22N4O5. The summed E-state index contributed by atoms with van der Waals surface area (Å²) in [5.41, 5.74) is 7.25. The topological polar surface area (TPSA) is 126 Å². The fraction of sp³-hybridized carbons (Fsp3) is 0.0741. The molecule has 36 heavy (non-hydrogen) atoms. The Morgan fingerprint density at radius 1 is 0.667 bits per heavy atom. The fourth-order valence-corrected chi connectivity index (χ4v) is 3.27. The molecular weight excluding hydrogens is 460 g/mol. The monoisotopic (exact) mass is 482 g/mol.